The first-order chi connectivity index (χ1) is 9.42. The lowest BCUT2D eigenvalue weighted by Crippen LogP contribution is -2.36. The number of anilines is 1. The van der Waals surface area contributed by atoms with E-state index in [2.05, 4.69) is 18.7 Å². The Morgan fingerprint density at radius 3 is 2.50 bits per heavy atom. The average Bonchev–Trinajstić information content (AvgIpc) is 2.41. The Kier molecular flexibility index (Phi) is 6.43. The minimum absolute atomic E-state index is 0.197. The molecule has 0 fully saturated rings. The molecule has 0 aliphatic heterocycles. The summed E-state index contributed by atoms with van der Waals surface area (Å²) in [5, 5.41) is 0. The highest BCUT2D eigenvalue weighted by atomic mass is 19.1. The Balaban J connectivity index is 3.26. The molecule has 0 saturated carbocycles. The van der Waals surface area contributed by atoms with Gasteiger partial charge < -0.3 is 15.4 Å². The number of halogens is 1. The van der Waals surface area contributed by atoms with Crippen LogP contribution in [0.25, 0.3) is 0 Å². The number of benzene rings is 1. The van der Waals surface area contributed by atoms with E-state index >= 15 is 0 Å². The van der Waals surface area contributed by atoms with Crippen molar-refractivity contribution in [3.05, 3.63) is 29.1 Å². The number of rotatable bonds is 7. The predicted octanol–water partition coefficient (Wildman–Crippen LogP) is 3.41. The van der Waals surface area contributed by atoms with Crippen LogP contribution >= 0.6 is 0 Å². The van der Waals surface area contributed by atoms with Crippen molar-refractivity contribution in [1.29, 1.82) is 0 Å². The molecule has 2 N–H and O–H groups in total. The molecule has 0 aliphatic rings. The van der Waals surface area contributed by atoms with Gasteiger partial charge >= 0.3 is 0 Å². The molecule has 1 aromatic rings. The average molecular weight is 282 g/mol. The quantitative estimate of drug-likeness (QED) is 0.833. The van der Waals surface area contributed by atoms with Crippen molar-refractivity contribution in [1.82, 2.24) is 0 Å². The normalized spacial score (nSPS) is 14.2. The van der Waals surface area contributed by atoms with E-state index in [9.17, 15) is 4.39 Å². The predicted molar refractivity (Wildman–Crippen MR) is 82.7 cm³/mol. The van der Waals surface area contributed by atoms with Gasteiger partial charge in [0.1, 0.15) is 5.82 Å². The zero-order chi connectivity index (χ0) is 15.3. The molecule has 114 valence electrons. The van der Waals surface area contributed by atoms with Crippen LogP contribution in [0, 0.1) is 12.7 Å². The summed E-state index contributed by atoms with van der Waals surface area (Å²) in [4.78, 5) is 2.26. The fourth-order valence-electron chi connectivity index (χ4n) is 2.28. The summed E-state index contributed by atoms with van der Waals surface area (Å²) in [6, 6.07) is 3.62. The third-order valence-electron chi connectivity index (χ3n) is 3.77. The number of aryl methyl sites for hydroxylation is 1. The Bertz CT molecular complexity index is 435. The van der Waals surface area contributed by atoms with E-state index in [1.165, 1.54) is 0 Å². The van der Waals surface area contributed by atoms with Gasteiger partial charge in [-0.05, 0) is 50.5 Å². The molecule has 1 rings (SSSR count). The number of hydrogen-bond donors (Lipinski definition) is 1. The van der Waals surface area contributed by atoms with Gasteiger partial charge in [0.25, 0.3) is 0 Å². The maximum atomic E-state index is 13.8. The molecule has 0 amide bonds. The number of nitrogens with two attached hydrogens (primary N) is 1. The molecule has 0 aromatic heterocycles. The zero-order valence-electron chi connectivity index (χ0n) is 13.2. The lowest BCUT2D eigenvalue weighted by atomic mass is 10.0. The first kappa shape index (κ1) is 16.9. The van der Waals surface area contributed by atoms with Gasteiger partial charge in [0.05, 0.1) is 6.61 Å². The second-order valence-corrected chi connectivity index (χ2v) is 5.39. The Morgan fingerprint density at radius 1 is 1.35 bits per heavy atom. The van der Waals surface area contributed by atoms with Gasteiger partial charge in [-0.3, -0.25) is 0 Å². The first-order valence-electron chi connectivity index (χ1n) is 7.23. The van der Waals surface area contributed by atoms with Gasteiger partial charge in [-0.1, -0.05) is 6.92 Å². The maximum absolute atomic E-state index is 13.8. The highest BCUT2D eigenvalue weighted by molar-refractivity contribution is 5.57. The SMILES string of the molecule is CCC(C)N(CCOC)c1cc(C)c(F)cc1[C@H](C)N. The van der Waals surface area contributed by atoms with Crippen molar-refractivity contribution in [2.45, 2.75) is 46.2 Å². The van der Waals surface area contributed by atoms with Crippen molar-refractivity contribution in [3.8, 4) is 0 Å². The highest BCUT2D eigenvalue weighted by Crippen LogP contribution is 2.30. The van der Waals surface area contributed by atoms with E-state index in [0.29, 0.717) is 18.2 Å². The largest absolute Gasteiger partial charge is 0.383 e. The van der Waals surface area contributed by atoms with Crippen LogP contribution in [0.1, 0.15) is 44.4 Å². The number of methoxy groups -OCH3 is 1. The zero-order valence-corrected chi connectivity index (χ0v) is 13.2. The van der Waals surface area contributed by atoms with Gasteiger partial charge in [0.15, 0.2) is 0 Å². The third-order valence-corrected chi connectivity index (χ3v) is 3.77. The Labute approximate surface area is 121 Å². The van der Waals surface area contributed by atoms with Crippen molar-refractivity contribution in [2.24, 2.45) is 5.73 Å². The molecule has 0 spiro atoms. The summed E-state index contributed by atoms with van der Waals surface area (Å²) in [5.41, 5.74) is 8.54. The molecule has 0 radical (unpaired) electrons. The van der Waals surface area contributed by atoms with Crippen LogP contribution in [-0.4, -0.2) is 26.3 Å². The number of nitrogens with zero attached hydrogens (tertiary/aromatic N) is 1. The van der Waals surface area contributed by atoms with Crippen LogP contribution < -0.4 is 10.6 Å². The smallest absolute Gasteiger partial charge is 0.126 e. The molecular weight excluding hydrogens is 255 g/mol. The maximum Gasteiger partial charge on any atom is 0.126 e. The molecule has 0 aliphatic carbocycles. The van der Waals surface area contributed by atoms with Gasteiger partial charge in [0.2, 0.25) is 0 Å². The fraction of sp³-hybridized carbons (Fsp3) is 0.625. The van der Waals surface area contributed by atoms with Gasteiger partial charge in [-0.2, -0.15) is 0 Å². The van der Waals surface area contributed by atoms with E-state index in [1.54, 1.807) is 20.1 Å². The summed E-state index contributed by atoms with van der Waals surface area (Å²) in [5.74, 6) is -0.197. The van der Waals surface area contributed by atoms with Crippen LogP contribution in [0.3, 0.4) is 0 Å². The van der Waals surface area contributed by atoms with E-state index in [0.717, 1.165) is 24.2 Å². The lowest BCUT2D eigenvalue weighted by Gasteiger charge is -2.33. The second kappa shape index (κ2) is 7.60. The van der Waals surface area contributed by atoms with Crippen LogP contribution in [0.4, 0.5) is 10.1 Å². The third kappa shape index (κ3) is 3.93. The molecule has 0 bridgehead atoms. The first-order valence-corrected chi connectivity index (χ1v) is 7.23. The van der Waals surface area contributed by atoms with Crippen molar-refractivity contribution in [2.75, 3.05) is 25.2 Å². The summed E-state index contributed by atoms with van der Waals surface area (Å²) >= 11 is 0. The summed E-state index contributed by atoms with van der Waals surface area (Å²) in [7, 11) is 1.69. The van der Waals surface area contributed by atoms with Crippen molar-refractivity contribution >= 4 is 5.69 Å². The molecule has 20 heavy (non-hydrogen) atoms. The Hall–Kier alpha value is -1.13. The highest BCUT2D eigenvalue weighted by Gasteiger charge is 2.19. The van der Waals surface area contributed by atoms with E-state index in [1.807, 2.05) is 13.0 Å². The molecule has 1 aromatic carbocycles. The van der Waals surface area contributed by atoms with Crippen LogP contribution in [0.5, 0.6) is 0 Å². The van der Waals surface area contributed by atoms with Crippen molar-refractivity contribution < 1.29 is 9.13 Å². The van der Waals surface area contributed by atoms with Gasteiger partial charge in [-0.15, -0.1) is 0 Å². The monoisotopic (exact) mass is 282 g/mol. The van der Waals surface area contributed by atoms with E-state index in [-0.39, 0.29) is 11.9 Å². The summed E-state index contributed by atoms with van der Waals surface area (Å²) in [6.07, 6.45) is 1.01. The van der Waals surface area contributed by atoms with Crippen molar-refractivity contribution in [3.63, 3.8) is 0 Å². The molecular formula is C16H27FN2O. The molecule has 0 saturated heterocycles. The minimum Gasteiger partial charge on any atom is -0.383 e. The number of hydrogen-bond acceptors (Lipinski definition) is 3. The standard InChI is InChI=1S/C16H27FN2O/c1-6-12(3)19(7-8-20-5)16-9-11(2)15(17)10-14(16)13(4)18/h9-10,12-13H,6-8,18H2,1-5H3/t12?,13-/m0/s1. The van der Waals surface area contributed by atoms with E-state index in [4.69, 9.17) is 10.5 Å². The number of ether oxygens (including phenoxy) is 1. The Morgan fingerprint density at radius 2 is 2.00 bits per heavy atom. The fourth-order valence-corrected chi connectivity index (χ4v) is 2.28. The molecule has 2 atom stereocenters. The van der Waals surface area contributed by atoms with Gasteiger partial charge in [-0.25, -0.2) is 4.39 Å². The molecule has 3 nitrogen and oxygen atoms in total. The summed E-state index contributed by atoms with van der Waals surface area (Å²) in [6.45, 7) is 9.40. The van der Waals surface area contributed by atoms with Crippen LogP contribution in [0.15, 0.2) is 12.1 Å². The molecule has 0 heterocycles. The van der Waals surface area contributed by atoms with E-state index < -0.39 is 0 Å². The lowest BCUT2D eigenvalue weighted by molar-refractivity contribution is 0.203. The minimum atomic E-state index is -0.200. The molecule has 4 heteroatoms. The van der Waals surface area contributed by atoms with Gasteiger partial charge in [0, 0.05) is 31.4 Å². The molecule has 1 unspecified atom stereocenters. The topological polar surface area (TPSA) is 38.5 Å². The summed E-state index contributed by atoms with van der Waals surface area (Å²) < 4.78 is 19.0. The van der Waals surface area contributed by atoms with Crippen LogP contribution in [0.2, 0.25) is 0 Å². The van der Waals surface area contributed by atoms with Crippen LogP contribution in [-0.2, 0) is 4.74 Å². The second-order valence-electron chi connectivity index (χ2n) is 5.39.